The molecule has 17 heavy (non-hydrogen) atoms. The Morgan fingerprint density at radius 3 is 2.94 bits per heavy atom. The molecule has 0 bridgehead atoms. The summed E-state index contributed by atoms with van der Waals surface area (Å²) in [5.74, 6) is 1.76. The Hall–Kier alpha value is -0.870. The minimum atomic E-state index is 0.786. The summed E-state index contributed by atoms with van der Waals surface area (Å²) in [4.78, 5) is 2.53. The highest BCUT2D eigenvalue weighted by molar-refractivity contribution is 5.20. The van der Waals surface area contributed by atoms with Gasteiger partial charge in [-0.15, -0.1) is 0 Å². The van der Waals surface area contributed by atoms with E-state index in [1.165, 1.54) is 31.5 Å². The maximum Gasteiger partial charge on any atom is 0.138 e. The summed E-state index contributed by atoms with van der Waals surface area (Å²) < 4.78 is 5.22. The summed E-state index contributed by atoms with van der Waals surface area (Å²) in [6.45, 7) is 8.53. The number of hydrogen-bond donors (Lipinski definition) is 1. The maximum absolute atomic E-state index is 5.22. The van der Waals surface area contributed by atoms with Gasteiger partial charge in [0.05, 0.1) is 5.69 Å². The first-order valence-corrected chi connectivity index (χ1v) is 6.49. The van der Waals surface area contributed by atoms with Crippen molar-refractivity contribution in [1.29, 1.82) is 0 Å². The van der Waals surface area contributed by atoms with Crippen LogP contribution in [-0.2, 0) is 6.54 Å². The van der Waals surface area contributed by atoms with Crippen LogP contribution in [0, 0.1) is 19.8 Å². The molecule has 1 N–H and O–H groups in total. The van der Waals surface area contributed by atoms with E-state index in [0.29, 0.717) is 0 Å². The Labute approximate surface area is 103 Å². The Bertz CT molecular complexity index is 340. The third kappa shape index (κ3) is 3.07. The van der Waals surface area contributed by atoms with Gasteiger partial charge in [-0.25, -0.2) is 0 Å². The summed E-state index contributed by atoms with van der Waals surface area (Å²) in [7, 11) is 2.03. The van der Waals surface area contributed by atoms with Crippen molar-refractivity contribution in [3.8, 4) is 0 Å². The summed E-state index contributed by atoms with van der Waals surface area (Å²) in [6.07, 6.45) is 2.65. The summed E-state index contributed by atoms with van der Waals surface area (Å²) >= 11 is 0. The molecule has 1 unspecified atom stereocenters. The van der Waals surface area contributed by atoms with E-state index in [1.54, 1.807) is 0 Å². The van der Waals surface area contributed by atoms with Crippen molar-refractivity contribution in [3.63, 3.8) is 0 Å². The normalized spacial score (nSPS) is 21.9. The SMILES string of the molecule is CNCC1CCCN(Cc2c(C)noc2C)C1. The molecule has 0 aliphatic carbocycles. The molecule has 0 spiro atoms. The third-order valence-corrected chi connectivity index (χ3v) is 3.66. The van der Waals surface area contributed by atoms with Crippen LogP contribution >= 0.6 is 0 Å². The van der Waals surface area contributed by atoms with Crippen LogP contribution in [0.4, 0.5) is 0 Å². The van der Waals surface area contributed by atoms with Gasteiger partial charge in [-0.05, 0) is 52.7 Å². The van der Waals surface area contributed by atoms with Crippen LogP contribution < -0.4 is 5.32 Å². The van der Waals surface area contributed by atoms with Gasteiger partial charge in [0.15, 0.2) is 0 Å². The topological polar surface area (TPSA) is 41.3 Å². The number of piperidine rings is 1. The van der Waals surface area contributed by atoms with E-state index in [1.807, 2.05) is 20.9 Å². The number of hydrogen-bond acceptors (Lipinski definition) is 4. The average molecular weight is 237 g/mol. The van der Waals surface area contributed by atoms with Gasteiger partial charge < -0.3 is 9.84 Å². The molecular weight excluding hydrogens is 214 g/mol. The number of nitrogens with one attached hydrogen (secondary N) is 1. The second-order valence-corrected chi connectivity index (χ2v) is 5.10. The number of likely N-dealkylation sites (tertiary alicyclic amines) is 1. The van der Waals surface area contributed by atoms with E-state index in [4.69, 9.17) is 4.52 Å². The van der Waals surface area contributed by atoms with Gasteiger partial charge in [0.25, 0.3) is 0 Å². The van der Waals surface area contributed by atoms with Crippen LogP contribution in [0.3, 0.4) is 0 Å². The Morgan fingerprint density at radius 2 is 2.29 bits per heavy atom. The highest BCUT2D eigenvalue weighted by atomic mass is 16.5. The van der Waals surface area contributed by atoms with Gasteiger partial charge in [0, 0.05) is 18.7 Å². The van der Waals surface area contributed by atoms with Gasteiger partial charge in [-0.3, -0.25) is 4.90 Å². The minimum absolute atomic E-state index is 0.786. The lowest BCUT2D eigenvalue weighted by Crippen LogP contribution is -2.38. The molecule has 4 heteroatoms. The van der Waals surface area contributed by atoms with E-state index in [2.05, 4.69) is 15.4 Å². The maximum atomic E-state index is 5.22. The average Bonchev–Trinajstić information content (AvgIpc) is 2.62. The van der Waals surface area contributed by atoms with Crippen LogP contribution in [0.25, 0.3) is 0 Å². The molecule has 0 amide bonds. The van der Waals surface area contributed by atoms with Gasteiger partial charge in [-0.2, -0.15) is 0 Å². The zero-order valence-electron chi connectivity index (χ0n) is 11.1. The van der Waals surface area contributed by atoms with Crippen LogP contribution in [0.1, 0.15) is 29.9 Å². The van der Waals surface area contributed by atoms with E-state index in [0.717, 1.165) is 30.5 Å². The summed E-state index contributed by atoms with van der Waals surface area (Å²) in [6, 6.07) is 0. The molecular formula is C13H23N3O. The van der Waals surface area contributed by atoms with Crippen molar-refractivity contribution in [3.05, 3.63) is 17.0 Å². The third-order valence-electron chi connectivity index (χ3n) is 3.66. The van der Waals surface area contributed by atoms with Crippen LogP contribution in [0.15, 0.2) is 4.52 Å². The van der Waals surface area contributed by atoms with Crippen LogP contribution in [-0.4, -0.2) is 36.7 Å². The predicted octanol–water partition coefficient (Wildman–Crippen LogP) is 1.72. The molecule has 0 saturated carbocycles. The van der Waals surface area contributed by atoms with E-state index in [9.17, 15) is 0 Å². The monoisotopic (exact) mass is 237 g/mol. The van der Waals surface area contributed by atoms with Gasteiger partial charge in [0.1, 0.15) is 5.76 Å². The lowest BCUT2D eigenvalue weighted by molar-refractivity contribution is 0.166. The Morgan fingerprint density at radius 1 is 1.47 bits per heavy atom. The van der Waals surface area contributed by atoms with Gasteiger partial charge in [-0.1, -0.05) is 5.16 Å². The number of aromatic nitrogens is 1. The molecule has 1 atom stereocenters. The quantitative estimate of drug-likeness (QED) is 0.866. The first-order chi connectivity index (χ1) is 8.20. The lowest BCUT2D eigenvalue weighted by Gasteiger charge is -2.32. The molecule has 1 aliphatic rings. The molecule has 4 nitrogen and oxygen atoms in total. The van der Waals surface area contributed by atoms with E-state index in [-0.39, 0.29) is 0 Å². The lowest BCUT2D eigenvalue weighted by atomic mass is 9.97. The van der Waals surface area contributed by atoms with Crippen LogP contribution in [0.5, 0.6) is 0 Å². The Balaban J connectivity index is 1.94. The molecule has 1 aromatic heterocycles. The number of rotatable bonds is 4. The van der Waals surface area contributed by atoms with Crippen molar-refractivity contribution in [2.75, 3.05) is 26.7 Å². The highest BCUT2D eigenvalue weighted by Gasteiger charge is 2.21. The fourth-order valence-corrected chi connectivity index (χ4v) is 2.70. The zero-order valence-corrected chi connectivity index (χ0v) is 11.1. The second-order valence-electron chi connectivity index (χ2n) is 5.10. The Kier molecular flexibility index (Phi) is 4.18. The first kappa shape index (κ1) is 12.6. The fraction of sp³-hybridized carbons (Fsp3) is 0.769. The van der Waals surface area contributed by atoms with Crippen molar-refractivity contribution in [2.45, 2.75) is 33.2 Å². The first-order valence-electron chi connectivity index (χ1n) is 6.49. The van der Waals surface area contributed by atoms with Crippen molar-refractivity contribution in [1.82, 2.24) is 15.4 Å². The molecule has 1 saturated heterocycles. The molecule has 96 valence electrons. The van der Waals surface area contributed by atoms with Crippen LogP contribution in [0.2, 0.25) is 0 Å². The van der Waals surface area contributed by atoms with E-state index < -0.39 is 0 Å². The second kappa shape index (κ2) is 5.65. The number of nitrogens with zero attached hydrogens (tertiary/aromatic N) is 2. The fourth-order valence-electron chi connectivity index (χ4n) is 2.70. The summed E-state index contributed by atoms with van der Waals surface area (Å²) in [5.41, 5.74) is 2.31. The van der Waals surface area contributed by atoms with E-state index >= 15 is 0 Å². The highest BCUT2D eigenvalue weighted by Crippen LogP contribution is 2.20. The van der Waals surface area contributed by atoms with Crippen molar-refractivity contribution < 1.29 is 4.52 Å². The van der Waals surface area contributed by atoms with Gasteiger partial charge >= 0.3 is 0 Å². The van der Waals surface area contributed by atoms with Crippen molar-refractivity contribution in [2.24, 2.45) is 5.92 Å². The molecule has 1 fully saturated rings. The molecule has 1 aliphatic heterocycles. The molecule has 0 radical (unpaired) electrons. The largest absolute Gasteiger partial charge is 0.361 e. The predicted molar refractivity (Wildman–Crippen MR) is 67.9 cm³/mol. The van der Waals surface area contributed by atoms with Gasteiger partial charge in [0.2, 0.25) is 0 Å². The summed E-state index contributed by atoms with van der Waals surface area (Å²) in [5, 5.41) is 7.31. The number of aryl methyl sites for hydroxylation is 2. The molecule has 1 aromatic rings. The molecule has 2 rings (SSSR count). The zero-order chi connectivity index (χ0) is 12.3. The standard InChI is InChI=1S/C13H23N3O/c1-10-13(11(2)17-15-10)9-16-6-4-5-12(8-16)7-14-3/h12,14H,4-9H2,1-3H3. The molecule has 2 heterocycles. The smallest absolute Gasteiger partial charge is 0.138 e. The molecule has 0 aromatic carbocycles. The van der Waals surface area contributed by atoms with Crippen molar-refractivity contribution >= 4 is 0 Å². The minimum Gasteiger partial charge on any atom is -0.361 e.